The van der Waals surface area contributed by atoms with Crippen molar-refractivity contribution in [3.8, 4) is 0 Å². The highest BCUT2D eigenvalue weighted by atomic mass is 127. The van der Waals surface area contributed by atoms with Gasteiger partial charge in [0.05, 0.1) is 0 Å². The Hall–Kier alpha value is -0.345. The third kappa shape index (κ3) is 4.98. The lowest BCUT2D eigenvalue weighted by Gasteiger charge is -2.00. The highest BCUT2D eigenvalue weighted by molar-refractivity contribution is 14.1. The number of esters is 1. The fourth-order valence-corrected chi connectivity index (χ4v) is 0.535. The number of ether oxygens (including phenoxy) is 1. The number of hydrogen-bond donors (Lipinski definition) is 2. The van der Waals surface area contributed by atoms with E-state index in [0.29, 0.717) is 0 Å². The highest BCUT2D eigenvalue weighted by Gasteiger charge is 2.23. The average molecular weight is 274 g/mol. The molecule has 0 amide bonds. The zero-order valence-electron chi connectivity index (χ0n) is 5.19. The summed E-state index contributed by atoms with van der Waals surface area (Å²) in [7, 11) is -2.29. The summed E-state index contributed by atoms with van der Waals surface area (Å²) in [6.07, 6.45) is 0. The van der Waals surface area contributed by atoms with Crippen molar-refractivity contribution >= 4 is 41.9 Å². The van der Waals surface area contributed by atoms with E-state index in [1.54, 1.807) is 22.6 Å². The minimum atomic E-state index is -2.29. The molecule has 8 heteroatoms. The van der Waals surface area contributed by atoms with E-state index >= 15 is 0 Å². The average Bonchev–Trinajstić information content (AvgIpc) is 1.86. The van der Waals surface area contributed by atoms with Gasteiger partial charge in [-0.25, -0.2) is 9.59 Å². The molecule has 2 N–H and O–H groups in total. The second-order valence-electron chi connectivity index (χ2n) is 1.27. The molecule has 0 aromatic rings. The van der Waals surface area contributed by atoms with E-state index in [4.69, 9.17) is 10.0 Å². The fourth-order valence-electron chi connectivity index (χ4n) is 0.252. The topological polar surface area (TPSA) is 93.1 Å². The molecule has 0 heterocycles. The first-order valence-corrected chi connectivity index (χ1v) is 3.90. The second kappa shape index (κ2) is 5.32. The van der Waals surface area contributed by atoms with E-state index in [0.717, 1.165) is 0 Å². The Kier molecular flexibility index (Phi) is 5.16. The zero-order valence-corrected chi connectivity index (χ0v) is 7.35. The van der Waals surface area contributed by atoms with Crippen molar-refractivity contribution in [3.05, 3.63) is 0 Å². The third-order valence-corrected chi connectivity index (χ3v) is 0.876. The Bertz CT molecular complexity index is 158. The molecule has 0 bridgehead atoms. The van der Waals surface area contributed by atoms with Crippen LogP contribution in [-0.4, -0.2) is 33.9 Å². The Morgan fingerprint density at radius 3 is 2.27 bits per heavy atom. The van der Waals surface area contributed by atoms with Crippen LogP contribution in [0, 0.1) is 0 Å². The van der Waals surface area contributed by atoms with Gasteiger partial charge in [-0.3, -0.25) is 0 Å². The van der Waals surface area contributed by atoms with Gasteiger partial charge in [-0.1, -0.05) is 0 Å². The molecule has 0 aliphatic heterocycles. The first-order chi connectivity index (χ1) is 5.07. The van der Waals surface area contributed by atoms with Gasteiger partial charge in [-0.15, -0.1) is 0 Å². The summed E-state index contributed by atoms with van der Waals surface area (Å²) < 4.78 is 7.81. The maximum Gasteiger partial charge on any atom is 0.709 e. The summed E-state index contributed by atoms with van der Waals surface area (Å²) in [5, 5.41) is 16.1. The van der Waals surface area contributed by atoms with Gasteiger partial charge in [-0.05, 0) is 22.6 Å². The van der Waals surface area contributed by atoms with E-state index in [-0.39, 0.29) is 4.61 Å². The molecule has 0 saturated carbocycles. The van der Waals surface area contributed by atoms with Gasteiger partial charge in [0.15, 0.2) is 0 Å². The standard InChI is InChI=1S/C3H4BIO6/c5-1-10-2(6)3(7)11-4(8)9/h8-9H,1H2. The Labute approximate surface area is 75.8 Å². The molecule has 0 spiro atoms. The maximum absolute atomic E-state index is 10.4. The molecular formula is C3H4BIO6. The second-order valence-corrected chi connectivity index (χ2v) is 1.90. The van der Waals surface area contributed by atoms with Crippen molar-refractivity contribution in [2.75, 3.05) is 4.61 Å². The molecule has 0 aromatic heterocycles. The molecule has 0 aliphatic carbocycles. The fraction of sp³-hybridized carbons (Fsp3) is 0.333. The highest BCUT2D eigenvalue weighted by Crippen LogP contribution is 1.89. The third-order valence-electron chi connectivity index (χ3n) is 0.565. The molecule has 0 radical (unpaired) electrons. The van der Waals surface area contributed by atoms with Gasteiger partial charge < -0.3 is 19.4 Å². The molecule has 0 rings (SSSR count). The van der Waals surface area contributed by atoms with E-state index < -0.39 is 19.3 Å². The lowest BCUT2D eigenvalue weighted by Crippen LogP contribution is -2.28. The predicted octanol–water partition coefficient (Wildman–Crippen LogP) is -1.57. The first-order valence-electron chi connectivity index (χ1n) is 2.37. The van der Waals surface area contributed by atoms with Gasteiger partial charge in [0.1, 0.15) is 4.61 Å². The monoisotopic (exact) mass is 274 g/mol. The lowest BCUT2D eigenvalue weighted by atomic mass is 10.3. The van der Waals surface area contributed by atoms with Crippen molar-refractivity contribution in [3.63, 3.8) is 0 Å². The molecule has 0 saturated heterocycles. The summed E-state index contributed by atoms with van der Waals surface area (Å²) in [6, 6.07) is 0. The molecule has 11 heavy (non-hydrogen) atoms. The van der Waals surface area contributed by atoms with Crippen LogP contribution in [0.2, 0.25) is 0 Å². The van der Waals surface area contributed by atoms with E-state index in [1.165, 1.54) is 0 Å². The van der Waals surface area contributed by atoms with Gasteiger partial charge in [0, 0.05) is 0 Å². The molecule has 0 aromatic carbocycles. The molecule has 62 valence electrons. The van der Waals surface area contributed by atoms with Crippen LogP contribution in [0.15, 0.2) is 0 Å². The molecule has 0 aliphatic rings. The number of halogens is 1. The number of hydrogen-bond acceptors (Lipinski definition) is 6. The minimum absolute atomic E-state index is 0.00673. The van der Waals surface area contributed by atoms with Crippen LogP contribution in [-0.2, 0) is 19.0 Å². The Morgan fingerprint density at radius 1 is 1.36 bits per heavy atom. The maximum atomic E-state index is 10.4. The number of alkyl halides is 1. The van der Waals surface area contributed by atoms with Crippen LogP contribution in [0.5, 0.6) is 0 Å². The van der Waals surface area contributed by atoms with Crippen LogP contribution in [0.3, 0.4) is 0 Å². The van der Waals surface area contributed by atoms with Gasteiger partial charge >= 0.3 is 19.3 Å². The Morgan fingerprint density at radius 2 is 1.91 bits per heavy atom. The van der Waals surface area contributed by atoms with Crippen molar-refractivity contribution in [2.45, 2.75) is 0 Å². The molecule has 6 nitrogen and oxygen atoms in total. The first kappa shape index (κ1) is 10.7. The summed E-state index contributed by atoms with van der Waals surface area (Å²) in [5.74, 6) is -2.69. The normalized spacial score (nSPS) is 8.64. The minimum Gasteiger partial charge on any atom is -0.476 e. The zero-order chi connectivity index (χ0) is 8.85. The summed E-state index contributed by atoms with van der Waals surface area (Å²) >= 11 is 1.69. The number of carbonyl (C=O) groups is 2. The molecule has 0 atom stereocenters. The lowest BCUT2D eigenvalue weighted by molar-refractivity contribution is -0.162. The van der Waals surface area contributed by atoms with Crippen molar-refractivity contribution < 1.29 is 29.0 Å². The van der Waals surface area contributed by atoms with Crippen LogP contribution < -0.4 is 0 Å². The van der Waals surface area contributed by atoms with Gasteiger partial charge in [-0.2, -0.15) is 0 Å². The quantitative estimate of drug-likeness (QED) is 0.208. The molecule has 0 unspecified atom stereocenters. The smallest absolute Gasteiger partial charge is 0.476 e. The van der Waals surface area contributed by atoms with E-state index in [1.807, 2.05) is 0 Å². The number of rotatable bonds is 2. The molecular weight excluding hydrogens is 270 g/mol. The van der Waals surface area contributed by atoms with Crippen molar-refractivity contribution in [2.24, 2.45) is 0 Å². The van der Waals surface area contributed by atoms with Crippen LogP contribution >= 0.6 is 22.6 Å². The predicted molar refractivity (Wildman–Crippen MR) is 41.3 cm³/mol. The summed E-state index contributed by atoms with van der Waals surface area (Å²) in [5.41, 5.74) is 0. The van der Waals surface area contributed by atoms with Crippen LogP contribution in [0.25, 0.3) is 0 Å². The summed E-state index contributed by atoms with van der Waals surface area (Å²) in [4.78, 5) is 20.7. The van der Waals surface area contributed by atoms with E-state index in [9.17, 15) is 9.59 Å². The van der Waals surface area contributed by atoms with Crippen LogP contribution in [0.4, 0.5) is 0 Å². The van der Waals surface area contributed by atoms with Crippen LogP contribution in [0.1, 0.15) is 0 Å². The Balaban J connectivity index is 3.74. The van der Waals surface area contributed by atoms with Crippen molar-refractivity contribution in [1.29, 1.82) is 0 Å². The number of carbonyl (C=O) groups excluding carboxylic acids is 2. The van der Waals surface area contributed by atoms with E-state index in [2.05, 4.69) is 9.39 Å². The molecule has 0 fully saturated rings. The van der Waals surface area contributed by atoms with Crippen molar-refractivity contribution in [1.82, 2.24) is 0 Å². The van der Waals surface area contributed by atoms with Gasteiger partial charge in [0.2, 0.25) is 0 Å². The van der Waals surface area contributed by atoms with Gasteiger partial charge in [0.25, 0.3) is 0 Å². The summed E-state index contributed by atoms with van der Waals surface area (Å²) in [6.45, 7) is 0. The SMILES string of the molecule is O=C(OCI)C(=O)OB(O)O. The largest absolute Gasteiger partial charge is 0.709 e.